The Morgan fingerprint density at radius 1 is 1.50 bits per heavy atom. The van der Waals surface area contributed by atoms with Crippen LogP contribution >= 0.6 is 11.3 Å². The Morgan fingerprint density at radius 2 is 2.33 bits per heavy atom. The van der Waals surface area contributed by atoms with Crippen LogP contribution in [0, 0.1) is 5.92 Å². The van der Waals surface area contributed by atoms with Crippen molar-refractivity contribution in [3.8, 4) is 10.6 Å². The number of aromatic amines is 1. The lowest BCUT2D eigenvalue weighted by Gasteiger charge is -2.19. The summed E-state index contributed by atoms with van der Waals surface area (Å²) in [5, 5.41) is 21.9. The molecule has 0 aromatic carbocycles. The first-order valence-corrected chi connectivity index (χ1v) is 7.00. The standard InChI is InChI=1S/C13H19N3OS/c1-9(2)11(8-17)14-6-10-7-15-16-13(10)12-4-3-5-18-12/h3-5,7,9,11,14,17H,6,8H2,1-2H3,(H,15,16). The molecular formula is C13H19N3OS. The first-order valence-electron chi connectivity index (χ1n) is 6.12. The van der Waals surface area contributed by atoms with Crippen molar-refractivity contribution in [1.29, 1.82) is 0 Å². The third-order valence-electron chi connectivity index (χ3n) is 3.04. The summed E-state index contributed by atoms with van der Waals surface area (Å²) < 4.78 is 0. The third-order valence-corrected chi connectivity index (χ3v) is 3.93. The Kier molecular flexibility index (Phi) is 4.52. The number of nitrogens with one attached hydrogen (secondary N) is 2. The lowest BCUT2D eigenvalue weighted by atomic mass is 10.1. The first-order chi connectivity index (χ1) is 8.72. The van der Waals surface area contributed by atoms with Gasteiger partial charge in [-0.25, -0.2) is 0 Å². The minimum Gasteiger partial charge on any atom is -0.395 e. The Balaban J connectivity index is 2.05. The number of thiophene rings is 1. The summed E-state index contributed by atoms with van der Waals surface area (Å²) in [6.45, 7) is 5.07. The molecule has 0 spiro atoms. The Bertz CT molecular complexity index is 464. The van der Waals surface area contributed by atoms with E-state index in [0.29, 0.717) is 12.5 Å². The van der Waals surface area contributed by atoms with Gasteiger partial charge in [0.15, 0.2) is 0 Å². The van der Waals surface area contributed by atoms with Crippen molar-refractivity contribution in [2.24, 2.45) is 5.92 Å². The maximum atomic E-state index is 9.29. The van der Waals surface area contributed by atoms with Crippen molar-refractivity contribution >= 4 is 11.3 Å². The van der Waals surface area contributed by atoms with E-state index in [-0.39, 0.29) is 12.6 Å². The topological polar surface area (TPSA) is 60.9 Å². The van der Waals surface area contributed by atoms with Crippen LogP contribution in [-0.4, -0.2) is 28.0 Å². The van der Waals surface area contributed by atoms with Crippen molar-refractivity contribution in [2.45, 2.75) is 26.4 Å². The molecule has 0 aliphatic rings. The van der Waals surface area contributed by atoms with Gasteiger partial charge in [-0.2, -0.15) is 5.10 Å². The number of hydrogen-bond acceptors (Lipinski definition) is 4. The van der Waals surface area contributed by atoms with Crippen LogP contribution in [-0.2, 0) is 6.54 Å². The molecule has 98 valence electrons. The summed E-state index contributed by atoms with van der Waals surface area (Å²) in [7, 11) is 0. The molecular weight excluding hydrogens is 246 g/mol. The predicted octanol–water partition coefficient (Wildman–Crippen LogP) is 2.24. The van der Waals surface area contributed by atoms with E-state index >= 15 is 0 Å². The van der Waals surface area contributed by atoms with Gasteiger partial charge in [-0.05, 0) is 17.4 Å². The van der Waals surface area contributed by atoms with Crippen LogP contribution in [0.15, 0.2) is 23.7 Å². The van der Waals surface area contributed by atoms with Crippen LogP contribution in [0.2, 0.25) is 0 Å². The van der Waals surface area contributed by atoms with Gasteiger partial charge in [0.1, 0.15) is 0 Å². The van der Waals surface area contributed by atoms with Crippen molar-refractivity contribution in [1.82, 2.24) is 15.5 Å². The number of H-pyrrole nitrogens is 1. The molecule has 3 N–H and O–H groups in total. The molecule has 1 unspecified atom stereocenters. The number of nitrogens with zero attached hydrogens (tertiary/aromatic N) is 1. The molecule has 2 aromatic heterocycles. The summed E-state index contributed by atoms with van der Waals surface area (Å²) in [6, 6.07) is 4.23. The van der Waals surface area contributed by atoms with Crippen molar-refractivity contribution < 1.29 is 5.11 Å². The van der Waals surface area contributed by atoms with E-state index in [0.717, 1.165) is 11.3 Å². The lowest BCUT2D eigenvalue weighted by molar-refractivity contribution is 0.210. The first kappa shape index (κ1) is 13.3. The molecule has 18 heavy (non-hydrogen) atoms. The zero-order valence-corrected chi connectivity index (χ0v) is 11.5. The van der Waals surface area contributed by atoms with Crippen molar-refractivity contribution in [3.05, 3.63) is 29.3 Å². The zero-order chi connectivity index (χ0) is 13.0. The molecule has 0 amide bonds. The molecule has 0 radical (unpaired) electrons. The normalized spacial score (nSPS) is 13.1. The molecule has 2 rings (SSSR count). The molecule has 0 bridgehead atoms. The van der Waals surface area contributed by atoms with Crippen molar-refractivity contribution in [2.75, 3.05) is 6.61 Å². The predicted molar refractivity (Wildman–Crippen MR) is 74.5 cm³/mol. The van der Waals surface area contributed by atoms with Gasteiger partial charge in [0.05, 0.1) is 23.4 Å². The summed E-state index contributed by atoms with van der Waals surface area (Å²) in [5.74, 6) is 0.409. The van der Waals surface area contributed by atoms with Crippen LogP contribution in [0.3, 0.4) is 0 Å². The van der Waals surface area contributed by atoms with Gasteiger partial charge in [-0.1, -0.05) is 19.9 Å². The van der Waals surface area contributed by atoms with Gasteiger partial charge in [-0.15, -0.1) is 11.3 Å². The van der Waals surface area contributed by atoms with Gasteiger partial charge in [0.2, 0.25) is 0 Å². The van der Waals surface area contributed by atoms with Crippen molar-refractivity contribution in [3.63, 3.8) is 0 Å². The number of rotatable bonds is 6. The van der Waals surface area contributed by atoms with E-state index in [4.69, 9.17) is 0 Å². The molecule has 2 aromatic rings. The Labute approximate surface area is 111 Å². The van der Waals surface area contributed by atoms with E-state index in [1.807, 2.05) is 12.3 Å². The quantitative estimate of drug-likeness (QED) is 0.750. The van der Waals surface area contributed by atoms with E-state index in [2.05, 4.69) is 40.8 Å². The van der Waals surface area contributed by atoms with Gasteiger partial charge >= 0.3 is 0 Å². The molecule has 0 saturated carbocycles. The highest BCUT2D eigenvalue weighted by atomic mass is 32.1. The Hall–Kier alpha value is -1.17. The van der Waals surface area contributed by atoms with Gasteiger partial charge in [-0.3, -0.25) is 5.10 Å². The van der Waals surface area contributed by atoms with E-state index < -0.39 is 0 Å². The number of hydrogen-bond donors (Lipinski definition) is 3. The number of aromatic nitrogens is 2. The SMILES string of the molecule is CC(C)C(CO)NCc1cn[nH]c1-c1cccs1. The Morgan fingerprint density at radius 3 is 2.94 bits per heavy atom. The lowest BCUT2D eigenvalue weighted by Crippen LogP contribution is -2.36. The van der Waals surface area contributed by atoms with E-state index in [1.54, 1.807) is 11.3 Å². The fourth-order valence-electron chi connectivity index (χ4n) is 1.83. The second-order valence-electron chi connectivity index (χ2n) is 4.66. The van der Waals surface area contributed by atoms with Crippen LogP contribution in [0.5, 0.6) is 0 Å². The molecule has 0 fully saturated rings. The monoisotopic (exact) mass is 265 g/mol. The fraction of sp³-hybridized carbons (Fsp3) is 0.462. The molecule has 0 aliphatic carbocycles. The minimum absolute atomic E-state index is 0.121. The summed E-state index contributed by atoms with van der Waals surface area (Å²) in [5.41, 5.74) is 2.20. The van der Waals surface area contributed by atoms with E-state index in [9.17, 15) is 5.11 Å². The average molecular weight is 265 g/mol. The minimum atomic E-state index is 0.121. The highest BCUT2D eigenvalue weighted by Crippen LogP contribution is 2.25. The maximum absolute atomic E-state index is 9.29. The molecule has 4 nitrogen and oxygen atoms in total. The van der Waals surface area contributed by atoms with Crippen LogP contribution in [0.25, 0.3) is 10.6 Å². The summed E-state index contributed by atoms with van der Waals surface area (Å²) in [6.07, 6.45) is 1.84. The van der Waals surface area contributed by atoms with E-state index in [1.165, 1.54) is 4.88 Å². The molecule has 0 aliphatic heterocycles. The van der Waals surface area contributed by atoms with Gasteiger partial charge in [0.25, 0.3) is 0 Å². The molecule has 0 saturated heterocycles. The third kappa shape index (κ3) is 2.98. The largest absolute Gasteiger partial charge is 0.395 e. The van der Waals surface area contributed by atoms with Gasteiger partial charge < -0.3 is 10.4 Å². The highest BCUT2D eigenvalue weighted by Gasteiger charge is 2.14. The maximum Gasteiger partial charge on any atom is 0.0794 e. The highest BCUT2D eigenvalue weighted by molar-refractivity contribution is 7.13. The molecule has 1 atom stereocenters. The number of aliphatic hydroxyl groups is 1. The smallest absolute Gasteiger partial charge is 0.0794 e. The number of aliphatic hydroxyl groups excluding tert-OH is 1. The molecule has 5 heteroatoms. The zero-order valence-electron chi connectivity index (χ0n) is 10.7. The van der Waals surface area contributed by atoms with Gasteiger partial charge in [0, 0.05) is 18.2 Å². The fourth-order valence-corrected chi connectivity index (χ4v) is 2.59. The average Bonchev–Trinajstić information content (AvgIpc) is 2.99. The second-order valence-corrected chi connectivity index (χ2v) is 5.61. The van der Waals surface area contributed by atoms with Crippen LogP contribution < -0.4 is 5.32 Å². The van der Waals surface area contributed by atoms with Crippen LogP contribution in [0.4, 0.5) is 0 Å². The summed E-state index contributed by atoms with van der Waals surface area (Å²) in [4.78, 5) is 1.19. The second kappa shape index (κ2) is 6.13. The van der Waals surface area contributed by atoms with Crippen LogP contribution in [0.1, 0.15) is 19.4 Å². The molecule has 2 heterocycles. The summed E-state index contributed by atoms with van der Waals surface area (Å²) >= 11 is 1.69.